The van der Waals surface area contributed by atoms with Crippen molar-refractivity contribution in [2.45, 2.75) is 39.2 Å². The van der Waals surface area contributed by atoms with Crippen LogP contribution in [0.3, 0.4) is 0 Å². The van der Waals surface area contributed by atoms with Gasteiger partial charge in [-0.3, -0.25) is 0 Å². The minimum Gasteiger partial charge on any atom is -0.483 e. The van der Waals surface area contributed by atoms with Gasteiger partial charge in [-0.15, -0.1) is 0 Å². The van der Waals surface area contributed by atoms with Gasteiger partial charge in [0.1, 0.15) is 11.4 Å². The normalized spacial score (nSPS) is 16.7. The van der Waals surface area contributed by atoms with Crippen LogP contribution in [0.1, 0.15) is 32.3 Å². The van der Waals surface area contributed by atoms with Crippen molar-refractivity contribution in [2.75, 3.05) is 18.0 Å². The summed E-state index contributed by atoms with van der Waals surface area (Å²) in [4.78, 5) is 2.77. The van der Waals surface area contributed by atoms with Crippen LogP contribution in [0.5, 0.6) is 5.75 Å². The molecule has 1 aliphatic heterocycles. The van der Waals surface area contributed by atoms with Crippen molar-refractivity contribution in [1.82, 2.24) is 0 Å². The first-order chi connectivity index (χ1) is 8.99. The van der Waals surface area contributed by atoms with Crippen LogP contribution in [0.25, 0.3) is 0 Å². The first kappa shape index (κ1) is 14.1. The highest BCUT2D eigenvalue weighted by Gasteiger charge is 2.37. The van der Waals surface area contributed by atoms with Gasteiger partial charge in [0.05, 0.1) is 23.8 Å². The monoisotopic (exact) mass is 278 g/mol. The fraction of sp³-hybridized carbons (Fsp3) is 0.533. The maximum atomic E-state index is 6.28. The van der Waals surface area contributed by atoms with Gasteiger partial charge in [-0.2, -0.15) is 0 Å². The zero-order chi connectivity index (χ0) is 14.0. The Morgan fingerprint density at radius 1 is 1.42 bits per heavy atom. The van der Waals surface area contributed by atoms with Gasteiger partial charge >= 0.3 is 0 Å². The Labute approximate surface area is 120 Å². The van der Waals surface area contributed by atoms with Crippen LogP contribution < -0.4 is 15.4 Å². The molecule has 0 saturated heterocycles. The Kier molecular flexibility index (Phi) is 3.99. The van der Waals surface area contributed by atoms with Crippen molar-refractivity contribution >= 4 is 22.9 Å². The maximum Gasteiger partial charge on any atom is 0.143 e. The van der Waals surface area contributed by atoms with Crippen LogP contribution >= 0.6 is 12.2 Å². The Bertz CT molecular complexity index is 483. The fourth-order valence-electron chi connectivity index (χ4n) is 2.61. The molecule has 19 heavy (non-hydrogen) atoms. The highest BCUT2D eigenvalue weighted by molar-refractivity contribution is 7.80. The molecule has 0 unspecified atom stereocenters. The lowest BCUT2D eigenvalue weighted by molar-refractivity contribution is 0.0584. The third-order valence-corrected chi connectivity index (χ3v) is 4.03. The standard InChI is InChI=1S/C15H22N2OS/c1-4-15(5-2)10-17(9-14(16)19)12-7-6-11(3)8-13(12)18-15/h6-8H,4-5,9-10H2,1-3H3,(H2,16,19). The lowest BCUT2D eigenvalue weighted by Crippen LogP contribution is -2.52. The summed E-state index contributed by atoms with van der Waals surface area (Å²) in [5, 5.41) is 0. The van der Waals surface area contributed by atoms with Crippen molar-refractivity contribution in [2.24, 2.45) is 5.73 Å². The van der Waals surface area contributed by atoms with Crippen molar-refractivity contribution in [3.05, 3.63) is 23.8 Å². The molecule has 0 spiro atoms. The van der Waals surface area contributed by atoms with E-state index in [2.05, 4.69) is 43.9 Å². The number of anilines is 1. The molecule has 0 amide bonds. The smallest absolute Gasteiger partial charge is 0.143 e. The van der Waals surface area contributed by atoms with E-state index in [4.69, 9.17) is 22.7 Å². The average molecular weight is 278 g/mol. The number of ether oxygens (including phenoxy) is 1. The van der Waals surface area contributed by atoms with Crippen molar-refractivity contribution in [1.29, 1.82) is 0 Å². The molecular formula is C15H22N2OS. The van der Waals surface area contributed by atoms with Gasteiger partial charge in [0, 0.05) is 0 Å². The van der Waals surface area contributed by atoms with Gasteiger partial charge in [0.25, 0.3) is 0 Å². The minimum atomic E-state index is -0.133. The van der Waals surface area contributed by atoms with E-state index in [0.717, 1.165) is 30.8 Å². The van der Waals surface area contributed by atoms with Crippen LogP contribution in [0.4, 0.5) is 5.69 Å². The largest absolute Gasteiger partial charge is 0.483 e. The zero-order valence-corrected chi connectivity index (χ0v) is 12.7. The van der Waals surface area contributed by atoms with Crippen molar-refractivity contribution < 1.29 is 4.74 Å². The first-order valence-corrected chi connectivity index (χ1v) is 7.23. The summed E-state index contributed by atoms with van der Waals surface area (Å²) in [7, 11) is 0. The number of fused-ring (bicyclic) bond motifs is 1. The average Bonchev–Trinajstić information content (AvgIpc) is 2.37. The van der Waals surface area contributed by atoms with Crippen LogP contribution in [-0.2, 0) is 0 Å². The third kappa shape index (κ3) is 2.84. The molecule has 0 aromatic heterocycles. The SMILES string of the molecule is CCC1(CC)CN(CC(N)=S)c2ccc(C)cc2O1. The van der Waals surface area contributed by atoms with Crippen LogP contribution in [-0.4, -0.2) is 23.7 Å². The second kappa shape index (κ2) is 5.37. The van der Waals surface area contributed by atoms with Crippen LogP contribution in [0.2, 0.25) is 0 Å². The summed E-state index contributed by atoms with van der Waals surface area (Å²) < 4.78 is 6.28. The molecule has 1 heterocycles. The molecule has 0 saturated carbocycles. The number of thiocarbonyl (C=S) groups is 1. The molecule has 0 atom stereocenters. The molecule has 2 rings (SSSR count). The predicted octanol–water partition coefficient (Wildman–Crippen LogP) is 3.04. The quantitative estimate of drug-likeness (QED) is 0.859. The summed E-state index contributed by atoms with van der Waals surface area (Å²) in [6.45, 7) is 7.87. The molecular weight excluding hydrogens is 256 g/mol. The van der Waals surface area contributed by atoms with E-state index in [0.29, 0.717) is 11.5 Å². The summed E-state index contributed by atoms with van der Waals surface area (Å²) in [5.74, 6) is 0.950. The number of hydrogen-bond donors (Lipinski definition) is 1. The molecule has 0 bridgehead atoms. The summed E-state index contributed by atoms with van der Waals surface area (Å²) in [5.41, 5.74) is 7.90. The molecule has 104 valence electrons. The van der Waals surface area contributed by atoms with E-state index in [-0.39, 0.29) is 5.60 Å². The molecule has 0 radical (unpaired) electrons. The Hall–Kier alpha value is -1.29. The number of rotatable bonds is 4. The molecule has 1 aromatic carbocycles. The number of nitrogens with zero attached hydrogens (tertiary/aromatic N) is 1. The topological polar surface area (TPSA) is 38.5 Å². The van der Waals surface area contributed by atoms with E-state index in [1.54, 1.807) is 0 Å². The van der Waals surface area contributed by atoms with E-state index in [1.165, 1.54) is 5.56 Å². The second-order valence-electron chi connectivity index (χ2n) is 5.29. The molecule has 1 aromatic rings. The Morgan fingerprint density at radius 3 is 2.68 bits per heavy atom. The number of hydrogen-bond acceptors (Lipinski definition) is 3. The third-order valence-electron chi connectivity index (χ3n) is 3.90. The van der Waals surface area contributed by atoms with Crippen molar-refractivity contribution in [3.63, 3.8) is 0 Å². The molecule has 3 nitrogen and oxygen atoms in total. The number of benzene rings is 1. The highest BCUT2D eigenvalue weighted by atomic mass is 32.1. The van der Waals surface area contributed by atoms with Gasteiger partial charge in [-0.05, 0) is 37.5 Å². The molecule has 0 aliphatic carbocycles. The summed E-state index contributed by atoms with van der Waals surface area (Å²) in [6.07, 6.45) is 1.95. The van der Waals surface area contributed by atoms with E-state index in [9.17, 15) is 0 Å². The zero-order valence-electron chi connectivity index (χ0n) is 11.9. The van der Waals surface area contributed by atoms with Gasteiger partial charge in [0.2, 0.25) is 0 Å². The Morgan fingerprint density at radius 2 is 2.11 bits per heavy atom. The Balaban J connectivity index is 2.42. The summed E-state index contributed by atoms with van der Waals surface area (Å²) in [6, 6.07) is 6.29. The molecule has 4 heteroatoms. The van der Waals surface area contributed by atoms with Gasteiger partial charge in [-0.25, -0.2) is 0 Å². The number of aryl methyl sites for hydroxylation is 1. The predicted molar refractivity (Wildman–Crippen MR) is 84.1 cm³/mol. The highest BCUT2D eigenvalue weighted by Crippen LogP contribution is 2.40. The van der Waals surface area contributed by atoms with E-state index < -0.39 is 0 Å². The van der Waals surface area contributed by atoms with Crippen LogP contribution in [0, 0.1) is 6.92 Å². The first-order valence-electron chi connectivity index (χ1n) is 6.82. The van der Waals surface area contributed by atoms with E-state index in [1.807, 2.05) is 0 Å². The van der Waals surface area contributed by atoms with Gasteiger partial charge in [-0.1, -0.05) is 32.1 Å². The molecule has 0 fully saturated rings. The maximum absolute atomic E-state index is 6.28. The molecule has 2 N–H and O–H groups in total. The van der Waals surface area contributed by atoms with Gasteiger partial charge < -0.3 is 15.4 Å². The summed E-state index contributed by atoms with van der Waals surface area (Å²) >= 11 is 5.07. The van der Waals surface area contributed by atoms with Crippen molar-refractivity contribution in [3.8, 4) is 5.75 Å². The lowest BCUT2D eigenvalue weighted by Gasteiger charge is -2.44. The van der Waals surface area contributed by atoms with E-state index >= 15 is 0 Å². The number of nitrogens with two attached hydrogens (primary N) is 1. The fourth-order valence-corrected chi connectivity index (χ4v) is 2.77. The molecule has 1 aliphatic rings. The van der Waals surface area contributed by atoms with Gasteiger partial charge in [0.15, 0.2) is 0 Å². The van der Waals surface area contributed by atoms with Crippen LogP contribution in [0.15, 0.2) is 18.2 Å². The lowest BCUT2D eigenvalue weighted by atomic mass is 9.93. The second-order valence-corrected chi connectivity index (χ2v) is 5.81. The minimum absolute atomic E-state index is 0.133.